The normalized spacial score (nSPS) is 12.9. The van der Waals surface area contributed by atoms with E-state index >= 15 is 0 Å². The number of esters is 1. The predicted octanol–water partition coefficient (Wildman–Crippen LogP) is 2.50. The average molecular weight is 292 g/mol. The monoisotopic (exact) mass is 291 g/mol. The van der Waals surface area contributed by atoms with E-state index in [2.05, 4.69) is 26.7 Å². The molecule has 1 rings (SSSR count). The van der Waals surface area contributed by atoms with Crippen LogP contribution in [0.25, 0.3) is 0 Å². The van der Waals surface area contributed by atoms with Gasteiger partial charge in [0.1, 0.15) is 6.04 Å². The summed E-state index contributed by atoms with van der Waals surface area (Å²) in [6, 6.07) is 3.85. The maximum Gasteiger partial charge on any atom is 0.322 e. The summed E-state index contributed by atoms with van der Waals surface area (Å²) in [7, 11) is 3.32. The van der Waals surface area contributed by atoms with Crippen LogP contribution in [0.2, 0.25) is 0 Å². The molecular formula is C10H14BrNO2S. The first kappa shape index (κ1) is 12.7. The Bertz CT molecular complexity index is 340. The molecule has 1 aromatic rings. The van der Waals surface area contributed by atoms with E-state index in [1.54, 1.807) is 11.3 Å². The molecule has 0 aliphatic rings. The fraction of sp³-hybridized carbons (Fsp3) is 0.500. The van der Waals surface area contributed by atoms with Crippen molar-refractivity contribution in [2.45, 2.75) is 19.5 Å². The van der Waals surface area contributed by atoms with E-state index in [1.807, 2.05) is 24.9 Å². The van der Waals surface area contributed by atoms with Gasteiger partial charge in [0, 0.05) is 11.4 Å². The number of hydrogen-bond acceptors (Lipinski definition) is 4. The number of thiophene rings is 1. The van der Waals surface area contributed by atoms with E-state index in [9.17, 15) is 4.79 Å². The SMILES string of the molecule is COC(=O)C(C)N(C)Cc1ccc(Br)s1. The van der Waals surface area contributed by atoms with Crippen LogP contribution in [0.3, 0.4) is 0 Å². The first-order valence-electron chi connectivity index (χ1n) is 4.57. The third kappa shape index (κ3) is 3.59. The topological polar surface area (TPSA) is 29.5 Å². The molecule has 0 fully saturated rings. The summed E-state index contributed by atoms with van der Waals surface area (Å²) < 4.78 is 5.80. The molecule has 0 bridgehead atoms. The summed E-state index contributed by atoms with van der Waals surface area (Å²) in [4.78, 5) is 14.5. The van der Waals surface area contributed by atoms with Crippen LogP contribution in [0, 0.1) is 0 Å². The average Bonchev–Trinajstić information content (AvgIpc) is 2.61. The molecule has 3 nitrogen and oxygen atoms in total. The number of ether oxygens (including phenoxy) is 1. The van der Waals surface area contributed by atoms with Crippen LogP contribution in [-0.4, -0.2) is 31.1 Å². The van der Waals surface area contributed by atoms with Crippen molar-refractivity contribution in [1.82, 2.24) is 4.90 Å². The Kier molecular flexibility index (Phi) is 4.76. The summed E-state index contributed by atoms with van der Waals surface area (Å²) in [5, 5.41) is 0. The molecule has 0 amide bonds. The van der Waals surface area contributed by atoms with Crippen molar-refractivity contribution in [1.29, 1.82) is 0 Å². The van der Waals surface area contributed by atoms with Gasteiger partial charge in [-0.3, -0.25) is 9.69 Å². The smallest absolute Gasteiger partial charge is 0.322 e. The molecule has 1 atom stereocenters. The first-order valence-corrected chi connectivity index (χ1v) is 6.18. The van der Waals surface area contributed by atoms with Gasteiger partial charge in [-0.1, -0.05) is 0 Å². The maximum atomic E-state index is 11.3. The highest BCUT2D eigenvalue weighted by molar-refractivity contribution is 9.11. The molecule has 0 aromatic carbocycles. The van der Waals surface area contributed by atoms with E-state index in [0.29, 0.717) is 0 Å². The Morgan fingerprint density at radius 1 is 1.67 bits per heavy atom. The maximum absolute atomic E-state index is 11.3. The number of halogens is 1. The lowest BCUT2D eigenvalue weighted by atomic mass is 10.3. The number of rotatable bonds is 4. The van der Waals surface area contributed by atoms with Gasteiger partial charge >= 0.3 is 5.97 Å². The van der Waals surface area contributed by atoms with Gasteiger partial charge in [0.15, 0.2) is 0 Å². The third-order valence-electron chi connectivity index (χ3n) is 2.24. The van der Waals surface area contributed by atoms with Crippen LogP contribution < -0.4 is 0 Å². The molecular weight excluding hydrogens is 278 g/mol. The molecule has 84 valence electrons. The van der Waals surface area contributed by atoms with Crippen molar-refractivity contribution in [3.8, 4) is 0 Å². The number of likely N-dealkylation sites (N-methyl/N-ethyl adjacent to an activating group) is 1. The molecule has 0 saturated heterocycles. The number of carbonyl (C=O) groups is 1. The fourth-order valence-electron chi connectivity index (χ4n) is 1.17. The number of hydrogen-bond donors (Lipinski definition) is 0. The zero-order valence-corrected chi connectivity index (χ0v) is 11.4. The molecule has 0 aliphatic carbocycles. The molecule has 1 unspecified atom stereocenters. The lowest BCUT2D eigenvalue weighted by Gasteiger charge is -2.21. The van der Waals surface area contributed by atoms with Crippen molar-refractivity contribution in [3.05, 3.63) is 20.8 Å². The molecule has 1 aromatic heterocycles. The molecule has 0 N–H and O–H groups in total. The Morgan fingerprint density at radius 2 is 2.33 bits per heavy atom. The summed E-state index contributed by atoms with van der Waals surface area (Å²) in [5.41, 5.74) is 0. The predicted molar refractivity (Wildman–Crippen MR) is 65.0 cm³/mol. The minimum absolute atomic E-state index is 0.201. The van der Waals surface area contributed by atoms with Crippen LogP contribution in [0.4, 0.5) is 0 Å². The van der Waals surface area contributed by atoms with Gasteiger partial charge in [0.25, 0.3) is 0 Å². The standard InChI is InChI=1S/C10H14BrNO2S/c1-7(10(13)14-3)12(2)6-8-4-5-9(11)15-8/h4-5,7H,6H2,1-3H3. The van der Waals surface area contributed by atoms with Crippen molar-refractivity contribution < 1.29 is 9.53 Å². The van der Waals surface area contributed by atoms with Crippen LogP contribution in [0.1, 0.15) is 11.8 Å². The van der Waals surface area contributed by atoms with Gasteiger partial charge in [-0.2, -0.15) is 0 Å². The highest BCUT2D eigenvalue weighted by Gasteiger charge is 2.18. The highest BCUT2D eigenvalue weighted by Crippen LogP contribution is 2.23. The highest BCUT2D eigenvalue weighted by atomic mass is 79.9. The minimum atomic E-state index is -0.212. The first-order chi connectivity index (χ1) is 7.04. The van der Waals surface area contributed by atoms with Crippen molar-refractivity contribution >= 4 is 33.2 Å². The van der Waals surface area contributed by atoms with Gasteiger partial charge in [0.2, 0.25) is 0 Å². The summed E-state index contributed by atoms with van der Waals surface area (Å²) >= 11 is 5.09. The van der Waals surface area contributed by atoms with Crippen molar-refractivity contribution in [2.24, 2.45) is 0 Å². The Morgan fingerprint density at radius 3 is 2.80 bits per heavy atom. The van der Waals surface area contributed by atoms with Gasteiger partial charge in [-0.15, -0.1) is 11.3 Å². The molecule has 0 saturated carbocycles. The van der Waals surface area contributed by atoms with E-state index in [1.165, 1.54) is 12.0 Å². The summed E-state index contributed by atoms with van der Waals surface area (Å²) in [6.45, 7) is 2.60. The second-order valence-electron chi connectivity index (χ2n) is 3.32. The van der Waals surface area contributed by atoms with E-state index in [4.69, 9.17) is 0 Å². The Labute approximate surface area is 102 Å². The number of carbonyl (C=O) groups excluding carboxylic acids is 1. The fourth-order valence-corrected chi connectivity index (χ4v) is 2.72. The van der Waals surface area contributed by atoms with Gasteiger partial charge in [0.05, 0.1) is 10.9 Å². The number of methoxy groups -OCH3 is 1. The van der Waals surface area contributed by atoms with Gasteiger partial charge in [-0.25, -0.2) is 0 Å². The van der Waals surface area contributed by atoms with Crippen molar-refractivity contribution in [3.63, 3.8) is 0 Å². The number of nitrogens with zero attached hydrogens (tertiary/aromatic N) is 1. The molecule has 0 radical (unpaired) electrons. The van der Waals surface area contributed by atoms with E-state index in [0.717, 1.165) is 10.3 Å². The van der Waals surface area contributed by atoms with Crippen LogP contribution in [0.5, 0.6) is 0 Å². The van der Waals surface area contributed by atoms with E-state index < -0.39 is 0 Å². The second kappa shape index (κ2) is 5.63. The molecule has 0 spiro atoms. The van der Waals surface area contributed by atoms with Gasteiger partial charge < -0.3 is 4.74 Å². The van der Waals surface area contributed by atoms with Crippen molar-refractivity contribution in [2.75, 3.05) is 14.2 Å². The zero-order chi connectivity index (χ0) is 11.4. The summed E-state index contributed by atoms with van der Waals surface area (Å²) in [5.74, 6) is -0.201. The quantitative estimate of drug-likeness (QED) is 0.799. The van der Waals surface area contributed by atoms with E-state index in [-0.39, 0.29) is 12.0 Å². The summed E-state index contributed by atoms with van der Waals surface area (Å²) in [6.07, 6.45) is 0. The Hall–Kier alpha value is -0.390. The molecule has 15 heavy (non-hydrogen) atoms. The minimum Gasteiger partial charge on any atom is -0.468 e. The lowest BCUT2D eigenvalue weighted by molar-refractivity contribution is -0.145. The third-order valence-corrected chi connectivity index (χ3v) is 3.85. The largest absolute Gasteiger partial charge is 0.468 e. The molecule has 1 heterocycles. The van der Waals surface area contributed by atoms with Crippen LogP contribution in [0.15, 0.2) is 15.9 Å². The van der Waals surface area contributed by atoms with Crippen LogP contribution in [-0.2, 0) is 16.1 Å². The molecule has 5 heteroatoms. The van der Waals surface area contributed by atoms with Crippen LogP contribution >= 0.6 is 27.3 Å². The lowest BCUT2D eigenvalue weighted by Crippen LogP contribution is -2.36. The zero-order valence-electron chi connectivity index (χ0n) is 8.99. The van der Waals surface area contributed by atoms with Gasteiger partial charge in [-0.05, 0) is 42.0 Å². The molecule has 0 aliphatic heterocycles. The Balaban J connectivity index is 2.55. The second-order valence-corrected chi connectivity index (χ2v) is 5.87.